The van der Waals surface area contributed by atoms with E-state index in [0.717, 1.165) is 11.6 Å². The van der Waals surface area contributed by atoms with Crippen molar-refractivity contribution >= 4 is 5.91 Å². The molecule has 0 saturated carbocycles. The summed E-state index contributed by atoms with van der Waals surface area (Å²) in [7, 11) is 4.65. The van der Waals surface area contributed by atoms with E-state index in [0.29, 0.717) is 42.2 Å². The van der Waals surface area contributed by atoms with Crippen LogP contribution in [0.4, 0.5) is 8.78 Å². The van der Waals surface area contributed by atoms with Gasteiger partial charge >= 0.3 is 0 Å². The number of halogens is 2. The molecule has 0 aliphatic carbocycles. The number of hydrogen-bond donors (Lipinski definition) is 2. The standard InChI is InChI=1S/C21H24F2N2O4/c1-27-17-10-19(29-3)18(28-2)8-13(17)11-24-16-4-5-20(26)25-21(16)12-6-14(22)9-15(23)7-12/h6-10,16,21,24H,4-5,11H2,1-3H3,(H,25,26)/t16-,21+/m1/s1. The van der Waals surface area contributed by atoms with Gasteiger partial charge < -0.3 is 24.8 Å². The van der Waals surface area contributed by atoms with E-state index in [2.05, 4.69) is 10.6 Å². The normalized spacial score (nSPS) is 18.9. The molecule has 2 aromatic carbocycles. The van der Waals surface area contributed by atoms with Gasteiger partial charge in [0.25, 0.3) is 0 Å². The van der Waals surface area contributed by atoms with Gasteiger partial charge in [-0.25, -0.2) is 8.78 Å². The van der Waals surface area contributed by atoms with Gasteiger partial charge in [0.15, 0.2) is 11.5 Å². The van der Waals surface area contributed by atoms with Crippen molar-refractivity contribution in [3.63, 3.8) is 0 Å². The van der Waals surface area contributed by atoms with E-state index in [1.165, 1.54) is 12.1 Å². The highest BCUT2D eigenvalue weighted by atomic mass is 19.1. The number of rotatable bonds is 7. The quantitative estimate of drug-likeness (QED) is 0.740. The molecule has 1 aliphatic rings. The predicted molar refractivity (Wildman–Crippen MR) is 103 cm³/mol. The summed E-state index contributed by atoms with van der Waals surface area (Å²) in [4.78, 5) is 11.9. The average molecular weight is 406 g/mol. The van der Waals surface area contributed by atoms with Crippen molar-refractivity contribution in [2.75, 3.05) is 21.3 Å². The van der Waals surface area contributed by atoms with Crippen LogP contribution in [-0.4, -0.2) is 33.3 Å². The van der Waals surface area contributed by atoms with E-state index in [9.17, 15) is 13.6 Å². The highest BCUT2D eigenvalue weighted by Crippen LogP contribution is 2.35. The lowest BCUT2D eigenvalue weighted by Crippen LogP contribution is -2.48. The molecule has 2 atom stereocenters. The van der Waals surface area contributed by atoms with Crippen LogP contribution in [0.1, 0.15) is 30.0 Å². The van der Waals surface area contributed by atoms with Crippen molar-refractivity contribution in [1.82, 2.24) is 10.6 Å². The predicted octanol–water partition coefficient (Wildman–Crippen LogP) is 3.10. The number of nitrogens with one attached hydrogen (secondary N) is 2. The molecule has 2 aromatic rings. The molecule has 3 rings (SSSR count). The highest BCUT2D eigenvalue weighted by molar-refractivity contribution is 5.77. The Balaban J connectivity index is 1.83. The summed E-state index contributed by atoms with van der Waals surface area (Å²) in [6.07, 6.45) is 0.860. The lowest BCUT2D eigenvalue weighted by Gasteiger charge is -2.33. The molecule has 1 heterocycles. The number of hydrogen-bond acceptors (Lipinski definition) is 5. The summed E-state index contributed by atoms with van der Waals surface area (Å²) in [6, 6.07) is 6.07. The average Bonchev–Trinajstić information content (AvgIpc) is 2.71. The highest BCUT2D eigenvalue weighted by Gasteiger charge is 2.30. The van der Waals surface area contributed by atoms with E-state index in [1.807, 2.05) is 6.07 Å². The van der Waals surface area contributed by atoms with Crippen molar-refractivity contribution in [3.8, 4) is 17.2 Å². The van der Waals surface area contributed by atoms with Crippen LogP contribution in [0, 0.1) is 11.6 Å². The number of benzene rings is 2. The van der Waals surface area contributed by atoms with Crippen LogP contribution in [-0.2, 0) is 11.3 Å². The minimum absolute atomic E-state index is 0.151. The molecule has 1 amide bonds. The summed E-state index contributed by atoms with van der Waals surface area (Å²) in [6.45, 7) is 0.401. The van der Waals surface area contributed by atoms with Crippen LogP contribution in [0.25, 0.3) is 0 Å². The maximum atomic E-state index is 13.7. The first-order valence-corrected chi connectivity index (χ1v) is 9.22. The molecule has 1 saturated heterocycles. The first kappa shape index (κ1) is 20.9. The molecule has 0 radical (unpaired) electrons. The summed E-state index contributed by atoms with van der Waals surface area (Å²) in [5.41, 5.74) is 1.21. The third-order valence-corrected chi connectivity index (χ3v) is 4.99. The largest absolute Gasteiger partial charge is 0.496 e. The van der Waals surface area contributed by atoms with E-state index in [-0.39, 0.29) is 11.9 Å². The Kier molecular flexibility index (Phi) is 6.53. The Morgan fingerprint density at radius 2 is 1.59 bits per heavy atom. The topological polar surface area (TPSA) is 68.8 Å². The number of piperidine rings is 1. The third-order valence-electron chi connectivity index (χ3n) is 4.99. The van der Waals surface area contributed by atoms with Gasteiger partial charge in [0.1, 0.15) is 17.4 Å². The van der Waals surface area contributed by atoms with E-state index in [4.69, 9.17) is 14.2 Å². The van der Waals surface area contributed by atoms with Gasteiger partial charge in [0.2, 0.25) is 5.91 Å². The molecule has 1 aliphatic heterocycles. The first-order chi connectivity index (χ1) is 13.9. The molecule has 8 heteroatoms. The zero-order valence-corrected chi connectivity index (χ0v) is 16.6. The molecule has 29 heavy (non-hydrogen) atoms. The van der Waals surface area contributed by atoms with Crippen molar-refractivity contribution in [2.45, 2.75) is 31.5 Å². The van der Waals surface area contributed by atoms with Gasteiger partial charge in [-0.2, -0.15) is 0 Å². The first-order valence-electron chi connectivity index (χ1n) is 9.22. The van der Waals surface area contributed by atoms with Crippen molar-refractivity contribution in [2.24, 2.45) is 0 Å². The fraction of sp³-hybridized carbons (Fsp3) is 0.381. The molecule has 156 valence electrons. The number of methoxy groups -OCH3 is 3. The second kappa shape index (κ2) is 9.09. The molecule has 0 spiro atoms. The Hall–Kier alpha value is -2.87. The summed E-state index contributed by atoms with van der Waals surface area (Å²) < 4.78 is 43.5. The number of amides is 1. The van der Waals surface area contributed by atoms with Crippen LogP contribution in [0.5, 0.6) is 17.2 Å². The minimum Gasteiger partial charge on any atom is -0.496 e. The molecular formula is C21H24F2N2O4. The summed E-state index contributed by atoms with van der Waals surface area (Å²) in [5.74, 6) is 0.210. The second-order valence-electron chi connectivity index (χ2n) is 6.79. The summed E-state index contributed by atoms with van der Waals surface area (Å²) >= 11 is 0. The van der Waals surface area contributed by atoms with Gasteiger partial charge in [0, 0.05) is 36.7 Å². The van der Waals surface area contributed by atoms with Crippen molar-refractivity contribution < 1.29 is 27.8 Å². The lowest BCUT2D eigenvalue weighted by atomic mass is 9.91. The third kappa shape index (κ3) is 4.76. The summed E-state index contributed by atoms with van der Waals surface area (Å²) in [5, 5.41) is 6.21. The van der Waals surface area contributed by atoms with Gasteiger partial charge in [-0.15, -0.1) is 0 Å². The Morgan fingerprint density at radius 1 is 0.966 bits per heavy atom. The fourth-order valence-electron chi connectivity index (χ4n) is 3.56. The zero-order chi connectivity index (χ0) is 21.0. The van der Waals surface area contributed by atoms with Gasteiger partial charge in [0.05, 0.1) is 27.4 Å². The van der Waals surface area contributed by atoms with Crippen molar-refractivity contribution in [3.05, 3.63) is 53.1 Å². The monoisotopic (exact) mass is 406 g/mol. The van der Waals surface area contributed by atoms with E-state index in [1.54, 1.807) is 27.4 Å². The minimum atomic E-state index is -0.680. The number of ether oxygens (including phenoxy) is 3. The Labute approximate surface area is 168 Å². The van der Waals surface area contributed by atoms with Gasteiger partial charge in [-0.3, -0.25) is 4.79 Å². The second-order valence-corrected chi connectivity index (χ2v) is 6.79. The maximum absolute atomic E-state index is 13.7. The Morgan fingerprint density at radius 3 is 2.21 bits per heavy atom. The fourth-order valence-corrected chi connectivity index (χ4v) is 3.56. The molecule has 1 fully saturated rings. The molecular weight excluding hydrogens is 382 g/mol. The molecule has 2 N–H and O–H groups in total. The number of carbonyl (C=O) groups excluding carboxylic acids is 1. The van der Waals surface area contributed by atoms with E-state index < -0.39 is 17.7 Å². The van der Waals surface area contributed by atoms with Gasteiger partial charge in [-0.1, -0.05) is 0 Å². The zero-order valence-electron chi connectivity index (χ0n) is 16.6. The van der Waals surface area contributed by atoms with Gasteiger partial charge in [-0.05, 0) is 30.2 Å². The number of carbonyl (C=O) groups is 1. The molecule has 0 bridgehead atoms. The lowest BCUT2D eigenvalue weighted by molar-refractivity contribution is -0.123. The van der Waals surface area contributed by atoms with Crippen molar-refractivity contribution in [1.29, 1.82) is 0 Å². The molecule has 6 nitrogen and oxygen atoms in total. The van der Waals surface area contributed by atoms with Crippen LogP contribution >= 0.6 is 0 Å². The molecule has 0 unspecified atom stereocenters. The van der Waals surface area contributed by atoms with Crippen LogP contribution in [0.15, 0.2) is 30.3 Å². The molecule has 0 aromatic heterocycles. The SMILES string of the molecule is COc1cc(OC)c(OC)cc1CN[C@@H]1CCC(=O)N[C@H]1c1cc(F)cc(F)c1. The van der Waals surface area contributed by atoms with Crippen LogP contribution in [0.2, 0.25) is 0 Å². The van der Waals surface area contributed by atoms with Crippen LogP contribution in [0.3, 0.4) is 0 Å². The maximum Gasteiger partial charge on any atom is 0.220 e. The van der Waals surface area contributed by atoms with E-state index >= 15 is 0 Å². The van der Waals surface area contributed by atoms with Crippen LogP contribution < -0.4 is 24.8 Å². The smallest absolute Gasteiger partial charge is 0.220 e. The Bertz CT molecular complexity index is 871.